The van der Waals surface area contributed by atoms with Crippen molar-refractivity contribution in [2.24, 2.45) is 11.7 Å². The third-order valence-electron chi connectivity index (χ3n) is 2.95. The van der Waals surface area contributed by atoms with Crippen LogP contribution in [0.15, 0.2) is 24.3 Å². The fourth-order valence-electron chi connectivity index (χ4n) is 1.75. The van der Waals surface area contributed by atoms with Crippen molar-refractivity contribution in [3.05, 3.63) is 40.0 Å². The number of nitrogens with zero attached hydrogens (tertiary/aromatic N) is 1. The van der Waals surface area contributed by atoms with Gasteiger partial charge in [-0.05, 0) is 25.0 Å². The normalized spacial score (nSPS) is 13.0. The molecule has 2 rings (SSSR count). The molecule has 0 aliphatic heterocycles. The van der Waals surface area contributed by atoms with Crippen LogP contribution in [-0.4, -0.2) is 4.98 Å². The Labute approximate surface area is 111 Å². The van der Waals surface area contributed by atoms with E-state index < -0.39 is 0 Å². The maximum atomic E-state index is 13.8. The molecule has 1 heterocycles. The van der Waals surface area contributed by atoms with Crippen molar-refractivity contribution in [2.75, 3.05) is 0 Å². The molecule has 0 aliphatic carbocycles. The van der Waals surface area contributed by atoms with Crippen molar-refractivity contribution in [1.82, 2.24) is 4.98 Å². The summed E-state index contributed by atoms with van der Waals surface area (Å²) in [4.78, 5) is 5.52. The highest BCUT2D eigenvalue weighted by Gasteiger charge is 2.19. The zero-order chi connectivity index (χ0) is 13.3. The maximum absolute atomic E-state index is 13.8. The maximum Gasteiger partial charge on any atom is 0.132 e. The van der Waals surface area contributed by atoms with Gasteiger partial charge in [0, 0.05) is 10.4 Å². The van der Waals surface area contributed by atoms with Gasteiger partial charge in [-0.3, -0.25) is 0 Å². The molecule has 1 atom stereocenters. The summed E-state index contributed by atoms with van der Waals surface area (Å²) in [5, 5.41) is 0.876. The van der Waals surface area contributed by atoms with Gasteiger partial charge in [-0.25, -0.2) is 9.37 Å². The molecule has 0 radical (unpaired) electrons. The van der Waals surface area contributed by atoms with Gasteiger partial charge in [-0.15, -0.1) is 11.3 Å². The van der Waals surface area contributed by atoms with Gasteiger partial charge >= 0.3 is 0 Å². The van der Waals surface area contributed by atoms with E-state index in [1.165, 1.54) is 6.07 Å². The lowest BCUT2D eigenvalue weighted by Crippen LogP contribution is -2.16. The summed E-state index contributed by atoms with van der Waals surface area (Å²) in [6, 6.07) is 6.62. The van der Waals surface area contributed by atoms with Gasteiger partial charge in [-0.2, -0.15) is 0 Å². The van der Waals surface area contributed by atoms with Crippen LogP contribution < -0.4 is 5.73 Å². The monoisotopic (exact) mass is 264 g/mol. The number of aryl methyl sites for hydroxylation is 1. The summed E-state index contributed by atoms with van der Waals surface area (Å²) < 4.78 is 13.8. The van der Waals surface area contributed by atoms with Gasteiger partial charge in [-0.1, -0.05) is 26.0 Å². The van der Waals surface area contributed by atoms with Gasteiger partial charge in [0.2, 0.25) is 0 Å². The summed E-state index contributed by atoms with van der Waals surface area (Å²) in [6.07, 6.45) is 0. The molecule has 1 unspecified atom stereocenters. The first-order chi connectivity index (χ1) is 8.50. The molecule has 1 aromatic carbocycles. The Hall–Kier alpha value is -1.26. The lowest BCUT2D eigenvalue weighted by Gasteiger charge is -2.11. The minimum atomic E-state index is -0.240. The topological polar surface area (TPSA) is 38.9 Å². The molecule has 0 fully saturated rings. The predicted molar refractivity (Wildman–Crippen MR) is 74.0 cm³/mol. The molecule has 18 heavy (non-hydrogen) atoms. The van der Waals surface area contributed by atoms with Gasteiger partial charge in [0.15, 0.2) is 0 Å². The first kappa shape index (κ1) is 13.2. The fourth-order valence-corrected chi connectivity index (χ4v) is 2.86. The van der Waals surface area contributed by atoms with Gasteiger partial charge in [0.25, 0.3) is 0 Å². The van der Waals surface area contributed by atoms with Crippen LogP contribution in [0.5, 0.6) is 0 Å². The highest BCUT2D eigenvalue weighted by atomic mass is 32.1. The summed E-state index contributed by atoms with van der Waals surface area (Å²) in [5.74, 6) is 0.0830. The van der Waals surface area contributed by atoms with Crippen LogP contribution in [-0.2, 0) is 0 Å². The standard InChI is InChI=1S/C14H17FN2S/c1-8(2)12(16)14-17-13(9(3)18-14)10-6-4-5-7-11(10)15/h4-8,12H,16H2,1-3H3. The van der Waals surface area contributed by atoms with Crippen molar-refractivity contribution >= 4 is 11.3 Å². The molecule has 2 nitrogen and oxygen atoms in total. The Bertz CT molecular complexity index is 548. The van der Waals surface area contributed by atoms with Gasteiger partial charge < -0.3 is 5.73 Å². The lowest BCUT2D eigenvalue weighted by atomic mass is 10.1. The molecule has 0 saturated heterocycles. The minimum Gasteiger partial charge on any atom is -0.322 e. The number of rotatable bonds is 3. The molecule has 0 spiro atoms. The van der Waals surface area contributed by atoms with Crippen LogP contribution in [0.1, 0.15) is 29.8 Å². The summed E-state index contributed by atoms with van der Waals surface area (Å²) in [5.41, 5.74) is 7.35. The zero-order valence-corrected chi connectivity index (χ0v) is 11.6. The molecule has 4 heteroatoms. The molecule has 2 N–H and O–H groups in total. The Kier molecular flexibility index (Phi) is 3.78. The van der Waals surface area contributed by atoms with Crippen molar-refractivity contribution < 1.29 is 4.39 Å². The van der Waals surface area contributed by atoms with Crippen LogP contribution in [0.3, 0.4) is 0 Å². The number of nitrogens with two attached hydrogens (primary N) is 1. The summed E-state index contributed by atoms with van der Waals surface area (Å²) in [7, 11) is 0. The van der Waals surface area contributed by atoms with Crippen LogP contribution in [0.4, 0.5) is 4.39 Å². The van der Waals surface area contributed by atoms with Gasteiger partial charge in [0.05, 0.1) is 11.7 Å². The Balaban J connectivity index is 2.45. The average Bonchev–Trinajstić information content (AvgIpc) is 2.71. The molecular weight excluding hydrogens is 247 g/mol. The van der Waals surface area contributed by atoms with Crippen molar-refractivity contribution in [2.45, 2.75) is 26.8 Å². The molecule has 0 amide bonds. The molecule has 2 aromatic rings. The number of hydrogen-bond donors (Lipinski definition) is 1. The molecule has 0 saturated carbocycles. The summed E-state index contributed by atoms with van der Waals surface area (Å²) >= 11 is 1.55. The third-order valence-corrected chi connectivity index (χ3v) is 4.02. The van der Waals surface area contributed by atoms with Crippen molar-refractivity contribution in [3.8, 4) is 11.3 Å². The second kappa shape index (κ2) is 5.16. The molecule has 1 aromatic heterocycles. The van der Waals surface area contributed by atoms with E-state index in [0.29, 0.717) is 17.2 Å². The van der Waals surface area contributed by atoms with Gasteiger partial charge in [0.1, 0.15) is 10.8 Å². The van der Waals surface area contributed by atoms with Crippen molar-refractivity contribution in [1.29, 1.82) is 0 Å². The van der Waals surface area contributed by atoms with E-state index in [4.69, 9.17) is 5.73 Å². The van der Waals surface area contributed by atoms with E-state index in [1.54, 1.807) is 23.5 Å². The highest BCUT2D eigenvalue weighted by molar-refractivity contribution is 7.12. The van der Waals surface area contributed by atoms with E-state index in [9.17, 15) is 4.39 Å². The minimum absolute atomic E-state index is 0.0887. The first-order valence-corrected chi connectivity index (χ1v) is 6.80. The predicted octanol–water partition coefficient (Wildman–Crippen LogP) is 3.91. The average molecular weight is 264 g/mol. The summed E-state index contributed by atoms with van der Waals surface area (Å²) in [6.45, 7) is 6.07. The SMILES string of the molecule is Cc1sc(C(N)C(C)C)nc1-c1ccccc1F. The number of benzene rings is 1. The molecular formula is C14H17FN2S. The zero-order valence-electron chi connectivity index (χ0n) is 10.8. The Morgan fingerprint density at radius 2 is 1.94 bits per heavy atom. The van der Waals surface area contributed by atoms with Crippen molar-refractivity contribution in [3.63, 3.8) is 0 Å². The van der Waals surface area contributed by atoms with E-state index in [-0.39, 0.29) is 11.9 Å². The second-order valence-corrected chi connectivity index (χ2v) is 5.94. The fraction of sp³-hybridized carbons (Fsp3) is 0.357. The van der Waals surface area contributed by atoms with Crippen LogP contribution in [0.2, 0.25) is 0 Å². The van der Waals surface area contributed by atoms with E-state index in [0.717, 1.165) is 9.88 Å². The van der Waals surface area contributed by atoms with E-state index >= 15 is 0 Å². The molecule has 0 bridgehead atoms. The molecule has 0 aliphatic rings. The highest BCUT2D eigenvalue weighted by Crippen LogP contribution is 2.32. The quantitative estimate of drug-likeness (QED) is 0.912. The second-order valence-electron chi connectivity index (χ2n) is 4.71. The Morgan fingerprint density at radius 1 is 1.28 bits per heavy atom. The number of hydrogen-bond acceptors (Lipinski definition) is 3. The van der Waals surface area contributed by atoms with E-state index in [1.807, 2.05) is 13.0 Å². The first-order valence-electron chi connectivity index (χ1n) is 5.98. The van der Waals surface area contributed by atoms with Crippen LogP contribution in [0.25, 0.3) is 11.3 Å². The number of thiazole rings is 1. The smallest absolute Gasteiger partial charge is 0.132 e. The lowest BCUT2D eigenvalue weighted by molar-refractivity contribution is 0.512. The van der Waals surface area contributed by atoms with Crippen LogP contribution in [0, 0.1) is 18.7 Å². The van der Waals surface area contributed by atoms with E-state index in [2.05, 4.69) is 18.8 Å². The van der Waals surface area contributed by atoms with Crippen LogP contribution >= 0.6 is 11.3 Å². The number of aromatic nitrogens is 1. The Morgan fingerprint density at radius 3 is 2.56 bits per heavy atom. The largest absolute Gasteiger partial charge is 0.322 e. The third kappa shape index (κ3) is 2.44. The molecule has 96 valence electrons. The number of halogens is 1.